The molecule has 1 aromatic carbocycles. The third-order valence-corrected chi connectivity index (χ3v) is 6.80. The Morgan fingerprint density at radius 2 is 1.91 bits per heavy atom. The summed E-state index contributed by atoms with van der Waals surface area (Å²) in [4.78, 5) is 9.33. The maximum Gasteiger partial charge on any atom is 0.192 e. The molecule has 9 nitrogen and oxygen atoms in total. The summed E-state index contributed by atoms with van der Waals surface area (Å²) < 4.78 is 9.44. The minimum atomic E-state index is -0.434. The van der Waals surface area contributed by atoms with Gasteiger partial charge in [0.1, 0.15) is 5.82 Å². The minimum Gasteiger partial charge on any atom is -0.490 e. The van der Waals surface area contributed by atoms with Crippen LogP contribution in [0.5, 0.6) is 0 Å². The summed E-state index contributed by atoms with van der Waals surface area (Å²) in [5, 5.41) is 9.35. The van der Waals surface area contributed by atoms with Gasteiger partial charge < -0.3 is 14.5 Å². The molecule has 32 heavy (non-hydrogen) atoms. The molecule has 2 atom stereocenters. The highest BCUT2D eigenvalue weighted by Crippen LogP contribution is 2.38. The number of ether oxygens (including phenoxy) is 1. The van der Waals surface area contributed by atoms with Crippen LogP contribution in [0.3, 0.4) is 0 Å². The lowest BCUT2D eigenvalue weighted by atomic mass is 10.0. The third kappa shape index (κ3) is 3.20. The van der Waals surface area contributed by atoms with E-state index in [1.165, 1.54) is 11.1 Å². The number of fused-ring (bicyclic) bond motifs is 4. The number of anilines is 1. The molecule has 3 aliphatic heterocycles. The smallest absolute Gasteiger partial charge is 0.192 e. The molecule has 2 N–H and O–H groups in total. The first kappa shape index (κ1) is 19.5. The number of hydrogen-bond donors (Lipinski definition) is 1. The van der Waals surface area contributed by atoms with Crippen LogP contribution in [0.2, 0.25) is 0 Å². The van der Waals surface area contributed by atoms with Crippen molar-refractivity contribution in [3.05, 3.63) is 59.8 Å². The van der Waals surface area contributed by atoms with Gasteiger partial charge in [-0.25, -0.2) is 14.3 Å². The Balaban J connectivity index is 1.21. The Kier molecular flexibility index (Phi) is 4.73. The highest BCUT2D eigenvalue weighted by molar-refractivity contribution is 5.73. The van der Waals surface area contributed by atoms with E-state index in [1.54, 1.807) is 10.9 Å². The Bertz CT molecular complexity index is 1130. The number of benzene rings is 1. The van der Waals surface area contributed by atoms with E-state index in [1.807, 2.05) is 24.2 Å². The SMILES string of the molecule is CN1c2c(cnn2CCN2CCc3ccccc3CC2)-c2nc(C3CC=CO3)nn2C1N. The van der Waals surface area contributed by atoms with Gasteiger partial charge >= 0.3 is 0 Å². The van der Waals surface area contributed by atoms with E-state index in [2.05, 4.69) is 38.9 Å². The van der Waals surface area contributed by atoms with Crippen molar-refractivity contribution in [2.45, 2.75) is 38.2 Å². The van der Waals surface area contributed by atoms with Crippen molar-refractivity contribution < 1.29 is 4.74 Å². The lowest BCUT2D eigenvalue weighted by Gasteiger charge is -2.32. The van der Waals surface area contributed by atoms with E-state index >= 15 is 0 Å². The number of nitrogens with two attached hydrogens (primary N) is 1. The summed E-state index contributed by atoms with van der Waals surface area (Å²) in [6, 6.07) is 8.80. The molecule has 0 saturated heterocycles. The minimum absolute atomic E-state index is 0.142. The quantitative estimate of drug-likeness (QED) is 0.675. The molecule has 0 saturated carbocycles. The monoisotopic (exact) mass is 432 g/mol. The van der Waals surface area contributed by atoms with Gasteiger partial charge in [0, 0.05) is 33.1 Å². The normalized spacial score (nSPS) is 22.2. The van der Waals surface area contributed by atoms with E-state index in [9.17, 15) is 0 Å². The Hall–Kier alpha value is -3.17. The molecule has 166 valence electrons. The third-order valence-electron chi connectivity index (χ3n) is 6.80. The van der Waals surface area contributed by atoms with Crippen LogP contribution < -0.4 is 10.6 Å². The summed E-state index contributed by atoms with van der Waals surface area (Å²) in [5.41, 5.74) is 10.5. The zero-order valence-corrected chi connectivity index (χ0v) is 18.3. The molecule has 0 bridgehead atoms. The van der Waals surface area contributed by atoms with Gasteiger partial charge in [0.05, 0.1) is 24.6 Å². The van der Waals surface area contributed by atoms with Crippen LogP contribution >= 0.6 is 0 Å². The number of rotatable bonds is 4. The second-order valence-corrected chi connectivity index (χ2v) is 8.71. The van der Waals surface area contributed by atoms with Crippen LogP contribution in [-0.2, 0) is 24.1 Å². The Labute approximate surface area is 187 Å². The first-order chi connectivity index (χ1) is 15.7. The molecule has 2 aromatic heterocycles. The van der Waals surface area contributed by atoms with Crippen LogP contribution in [0, 0.1) is 0 Å². The van der Waals surface area contributed by atoms with Gasteiger partial charge in [-0.2, -0.15) is 5.10 Å². The highest BCUT2D eigenvalue weighted by Gasteiger charge is 2.34. The molecule has 3 aliphatic rings. The van der Waals surface area contributed by atoms with Crippen molar-refractivity contribution in [2.75, 3.05) is 31.6 Å². The predicted octanol–water partition coefficient (Wildman–Crippen LogP) is 2.08. The molecule has 0 radical (unpaired) electrons. The summed E-state index contributed by atoms with van der Waals surface area (Å²) in [5.74, 6) is 2.42. The van der Waals surface area contributed by atoms with Crippen molar-refractivity contribution in [3.63, 3.8) is 0 Å². The van der Waals surface area contributed by atoms with Gasteiger partial charge in [0.25, 0.3) is 0 Å². The van der Waals surface area contributed by atoms with Gasteiger partial charge in [-0.1, -0.05) is 24.3 Å². The van der Waals surface area contributed by atoms with E-state index in [4.69, 9.17) is 20.6 Å². The van der Waals surface area contributed by atoms with Gasteiger partial charge in [-0.15, -0.1) is 5.10 Å². The largest absolute Gasteiger partial charge is 0.490 e. The van der Waals surface area contributed by atoms with Gasteiger partial charge in [0.15, 0.2) is 24.0 Å². The summed E-state index contributed by atoms with van der Waals surface area (Å²) in [6.45, 7) is 3.90. The Morgan fingerprint density at radius 1 is 1.12 bits per heavy atom. The van der Waals surface area contributed by atoms with Crippen molar-refractivity contribution in [2.24, 2.45) is 5.73 Å². The molecule has 0 aliphatic carbocycles. The fourth-order valence-electron chi connectivity index (χ4n) is 4.93. The van der Waals surface area contributed by atoms with Gasteiger partial charge in [-0.3, -0.25) is 5.73 Å². The highest BCUT2D eigenvalue weighted by atomic mass is 16.5. The van der Waals surface area contributed by atoms with Crippen molar-refractivity contribution in [1.82, 2.24) is 29.4 Å². The molecular weight excluding hydrogens is 404 g/mol. The second kappa shape index (κ2) is 7.75. The molecular formula is C23H28N8O. The molecule has 5 heterocycles. The van der Waals surface area contributed by atoms with E-state index in [-0.39, 0.29) is 6.10 Å². The molecule has 6 rings (SSSR count). The lowest BCUT2D eigenvalue weighted by Crippen LogP contribution is -2.41. The van der Waals surface area contributed by atoms with Crippen molar-refractivity contribution in [3.8, 4) is 11.4 Å². The molecule has 0 fully saturated rings. The van der Waals surface area contributed by atoms with Gasteiger partial charge in [0.2, 0.25) is 0 Å². The van der Waals surface area contributed by atoms with E-state index < -0.39 is 6.29 Å². The lowest BCUT2D eigenvalue weighted by molar-refractivity contribution is 0.163. The standard InChI is InChI=1S/C23H28N8O/c1-28-22-18(21-26-20(19-7-4-14-32-19)27-31(21)23(28)24)15-25-30(22)13-12-29-10-8-16-5-2-3-6-17(16)9-11-29/h2-6,14-15,19,23H,7-13,24H2,1H3. The summed E-state index contributed by atoms with van der Waals surface area (Å²) in [7, 11) is 1.99. The fourth-order valence-corrected chi connectivity index (χ4v) is 4.93. The molecule has 9 heteroatoms. The number of aromatic nitrogens is 5. The molecule has 0 spiro atoms. The topological polar surface area (TPSA) is 90.3 Å². The van der Waals surface area contributed by atoms with Crippen molar-refractivity contribution >= 4 is 5.82 Å². The van der Waals surface area contributed by atoms with Crippen molar-refractivity contribution in [1.29, 1.82) is 0 Å². The van der Waals surface area contributed by atoms with E-state index in [0.29, 0.717) is 5.82 Å². The predicted molar refractivity (Wildman–Crippen MR) is 121 cm³/mol. The van der Waals surface area contributed by atoms with E-state index in [0.717, 1.165) is 62.6 Å². The Morgan fingerprint density at radius 3 is 2.62 bits per heavy atom. The maximum atomic E-state index is 6.53. The summed E-state index contributed by atoms with van der Waals surface area (Å²) in [6.07, 6.45) is 7.98. The number of nitrogens with zero attached hydrogens (tertiary/aromatic N) is 7. The van der Waals surface area contributed by atoms with Crippen LogP contribution in [0.1, 0.15) is 35.8 Å². The average molecular weight is 433 g/mol. The maximum absolute atomic E-state index is 6.53. The number of hydrogen-bond acceptors (Lipinski definition) is 7. The molecule has 0 amide bonds. The van der Waals surface area contributed by atoms with Crippen LogP contribution in [0.4, 0.5) is 5.82 Å². The van der Waals surface area contributed by atoms with Crippen LogP contribution in [0.15, 0.2) is 42.8 Å². The second-order valence-electron chi connectivity index (χ2n) is 8.71. The zero-order chi connectivity index (χ0) is 21.7. The zero-order valence-electron chi connectivity index (χ0n) is 18.3. The van der Waals surface area contributed by atoms with Gasteiger partial charge in [-0.05, 0) is 30.0 Å². The summed E-state index contributed by atoms with van der Waals surface area (Å²) >= 11 is 0. The fraction of sp³-hybridized carbons (Fsp3) is 0.435. The first-order valence-electron chi connectivity index (χ1n) is 11.3. The first-order valence-corrected chi connectivity index (χ1v) is 11.3. The van der Waals surface area contributed by atoms with Crippen LogP contribution in [-0.4, -0.2) is 56.1 Å². The molecule has 3 aromatic rings. The molecule has 2 unspecified atom stereocenters. The average Bonchev–Trinajstić information content (AvgIpc) is 3.54. The van der Waals surface area contributed by atoms with Crippen LogP contribution in [0.25, 0.3) is 11.4 Å².